The largest absolute Gasteiger partial charge is 0.345 e. The van der Waals surface area contributed by atoms with Gasteiger partial charge < -0.3 is 4.98 Å². The first-order valence-electron chi connectivity index (χ1n) is 4.05. The number of hydrogen-bond donors (Lipinski definition) is 1. The van der Waals surface area contributed by atoms with Crippen LogP contribution in [0.25, 0.3) is 10.9 Å². The van der Waals surface area contributed by atoms with Gasteiger partial charge in [0.25, 0.3) is 0 Å². The second kappa shape index (κ2) is 3.53. The molecule has 0 radical (unpaired) electrons. The number of halogens is 2. The maximum Gasteiger partial charge on any atom is 0.111 e. The van der Waals surface area contributed by atoms with E-state index in [1.54, 1.807) is 6.07 Å². The van der Waals surface area contributed by atoms with E-state index in [9.17, 15) is 0 Å². The Kier molecular flexibility index (Phi) is 2.37. The number of aromatic amines is 1. The molecule has 0 saturated carbocycles. The summed E-state index contributed by atoms with van der Waals surface area (Å²) >= 11 is 12.0. The Morgan fingerprint density at radius 1 is 1.36 bits per heavy atom. The predicted octanol–water partition coefficient (Wildman–Crippen LogP) is 3.54. The molecule has 4 heteroatoms. The lowest BCUT2D eigenvalue weighted by atomic mass is 10.1. The standard InChI is InChI=1S/C10H6Cl2N2/c11-7-2-1-3-8-9(7)6(4-5-13)10(12)14-8/h1-3,14H,4H2. The third-order valence-electron chi connectivity index (χ3n) is 2.08. The van der Waals surface area contributed by atoms with Crippen molar-refractivity contribution in [3.05, 3.63) is 33.9 Å². The number of nitriles is 1. The van der Waals surface area contributed by atoms with Crippen LogP contribution in [0.5, 0.6) is 0 Å². The zero-order valence-corrected chi connectivity index (χ0v) is 8.65. The molecule has 1 heterocycles. The Balaban J connectivity index is 2.81. The van der Waals surface area contributed by atoms with Crippen LogP contribution in [0.15, 0.2) is 18.2 Å². The minimum Gasteiger partial charge on any atom is -0.345 e. The number of fused-ring (bicyclic) bond motifs is 1. The number of hydrogen-bond acceptors (Lipinski definition) is 1. The monoisotopic (exact) mass is 224 g/mol. The fraction of sp³-hybridized carbons (Fsp3) is 0.100. The Labute approximate surface area is 91.1 Å². The number of nitrogens with one attached hydrogen (secondary N) is 1. The maximum absolute atomic E-state index is 8.65. The van der Waals surface area contributed by atoms with Crippen LogP contribution in [0.3, 0.4) is 0 Å². The van der Waals surface area contributed by atoms with E-state index in [0.29, 0.717) is 10.2 Å². The lowest BCUT2D eigenvalue weighted by Gasteiger charge is -1.95. The van der Waals surface area contributed by atoms with E-state index >= 15 is 0 Å². The summed E-state index contributed by atoms with van der Waals surface area (Å²) in [7, 11) is 0. The van der Waals surface area contributed by atoms with Gasteiger partial charge in [-0.2, -0.15) is 5.26 Å². The van der Waals surface area contributed by atoms with Crippen molar-refractivity contribution < 1.29 is 0 Å². The molecule has 0 aliphatic rings. The van der Waals surface area contributed by atoms with E-state index in [1.165, 1.54) is 0 Å². The second-order valence-electron chi connectivity index (χ2n) is 2.91. The van der Waals surface area contributed by atoms with Crippen molar-refractivity contribution in [1.29, 1.82) is 5.26 Å². The lowest BCUT2D eigenvalue weighted by Crippen LogP contribution is -1.79. The fourth-order valence-corrected chi connectivity index (χ4v) is 2.04. The highest BCUT2D eigenvalue weighted by molar-refractivity contribution is 6.37. The van der Waals surface area contributed by atoms with Crippen LogP contribution in [0, 0.1) is 11.3 Å². The Morgan fingerprint density at radius 2 is 2.14 bits per heavy atom. The van der Waals surface area contributed by atoms with Crippen molar-refractivity contribution in [2.75, 3.05) is 0 Å². The molecule has 0 atom stereocenters. The predicted molar refractivity (Wildman–Crippen MR) is 57.6 cm³/mol. The third-order valence-corrected chi connectivity index (χ3v) is 2.72. The summed E-state index contributed by atoms with van der Waals surface area (Å²) in [6.07, 6.45) is 0.266. The molecule has 0 fully saturated rings. The minimum atomic E-state index is 0.266. The third kappa shape index (κ3) is 1.35. The molecule has 0 aliphatic heterocycles. The SMILES string of the molecule is N#CCc1c(Cl)[nH]c2cccc(Cl)c12. The van der Waals surface area contributed by atoms with Gasteiger partial charge in [0.1, 0.15) is 5.15 Å². The molecular weight excluding hydrogens is 219 g/mol. The molecule has 70 valence electrons. The van der Waals surface area contributed by atoms with Crippen molar-refractivity contribution in [2.45, 2.75) is 6.42 Å². The molecular formula is C10H6Cl2N2. The highest BCUT2D eigenvalue weighted by Crippen LogP contribution is 2.31. The summed E-state index contributed by atoms with van der Waals surface area (Å²) < 4.78 is 0. The lowest BCUT2D eigenvalue weighted by molar-refractivity contribution is 1.27. The average Bonchev–Trinajstić information content (AvgIpc) is 2.45. The van der Waals surface area contributed by atoms with Crippen LogP contribution in [-0.4, -0.2) is 4.98 Å². The molecule has 0 spiro atoms. The molecule has 14 heavy (non-hydrogen) atoms. The van der Waals surface area contributed by atoms with Gasteiger partial charge in [-0.25, -0.2) is 0 Å². The number of nitrogens with zero attached hydrogens (tertiary/aromatic N) is 1. The van der Waals surface area contributed by atoms with Gasteiger partial charge in [-0.1, -0.05) is 29.3 Å². The summed E-state index contributed by atoms with van der Waals surface area (Å²) in [5.41, 5.74) is 1.64. The minimum absolute atomic E-state index is 0.266. The van der Waals surface area contributed by atoms with E-state index in [2.05, 4.69) is 11.1 Å². The van der Waals surface area contributed by atoms with Crippen molar-refractivity contribution in [3.8, 4) is 6.07 Å². The van der Waals surface area contributed by atoms with Gasteiger partial charge in [0, 0.05) is 16.5 Å². The summed E-state index contributed by atoms with van der Waals surface area (Å²) in [4.78, 5) is 2.98. The zero-order valence-electron chi connectivity index (χ0n) is 7.14. The van der Waals surface area contributed by atoms with Crippen LogP contribution in [0.4, 0.5) is 0 Å². The quantitative estimate of drug-likeness (QED) is 0.791. The Hall–Kier alpha value is -1.17. The van der Waals surface area contributed by atoms with Gasteiger partial charge in [0.2, 0.25) is 0 Å². The average molecular weight is 225 g/mol. The van der Waals surface area contributed by atoms with Crippen LogP contribution in [-0.2, 0) is 6.42 Å². The van der Waals surface area contributed by atoms with Gasteiger partial charge in [0.05, 0.1) is 17.5 Å². The first kappa shape index (κ1) is 9.39. The Morgan fingerprint density at radius 3 is 2.86 bits per heavy atom. The van der Waals surface area contributed by atoms with Gasteiger partial charge in [-0.3, -0.25) is 0 Å². The maximum atomic E-state index is 8.65. The number of H-pyrrole nitrogens is 1. The van der Waals surface area contributed by atoms with Gasteiger partial charge in [0.15, 0.2) is 0 Å². The fourth-order valence-electron chi connectivity index (χ4n) is 1.48. The van der Waals surface area contributed by atoms with Crippen LogP contribution < -0.4 is 0 Å². The first-order valence-corrected chi connectivity index (χ1v) is 4.81. The van der Waals surface area contributed by atoms with Crippen molar-refractivity contribution in [3.63, 3.8) is 0 Å². The van der Waals surface area contributed by atoms with E-state index in [1.807, 2.05) is 12.1 Å². The molecule has 2 nitrogen and oxygen atoms in total. The molecule has 0 aliphatic carbocycles. The van der Waals surface area contributed by atoms with Crippen LogP contribution >= 0.6 is 23.2 Å². The topological polar surface area (TPSA) is 39.6 Å². The number of benzene rings is 1. The summed E-state index contributed by atoms with van der Waals surface area (Å²) in [5, 5.41) is 10.6. The molecule has 1 N–H and O–H groups in total. The highest BCUT2D eigenvalue weighted by atomic mass is 35.5. The Bertz CT molecular complexity index is 523. The van der Waals surface area contributed by atoms with Crippen molar-refractivity contribution in [2.24, 2.45) is 0 Å². The summed E-state index contributed by atoms with van der Waals surface area (Å²) in [5.74, 6) is 0. The molecule has 0 amide bonds. The number of aromatic nitrogens is 1. The number of rotatable bonds is 1. The molecule has 1 aromatic carbocycles. The van der Waals surface area contributed by atoms with Gasteiger partial charge in [-0.05, 0) is 12.1 Å². The van der Waals surface area contributed by atoms with Gasteiger partial charge >= 0.3 is 0 Å². The zero-order chi connectivity index (χ0) is 10.1. The highest BCUT2D eigenvalue weighted by Gasteiger charge is 2.11. The molecule has 0 saturated heterocycles. The van der Waals surface area contributed by atoms with E-state index in [4.69, 9.17) is 28.5 Å². The normalized spacial score (nSPS) is 10.4. The summed E-state index contributed by atoms with van der Waals surface area (Å²) in [6.45, 7) is 0. The second-order valence-corrected chi connectivity index (χ2v) is 3.70. The molecule has 1 aromatic heterocycles. The van der Waals surface area contributed by atoms with Crippen molar-refractivity contribution >= 4 is 34.1 Å². The van der Waals surface area contributed by atoms with Crippen LogP contribution in [0.2, 0.25) is 10.2 Å². The van der Waals surface area contributed by atoms with Crippen molar-refractivity contribution in [1.82, 2.24) is 4.98 Å². The molecule has 2 aromatic rings. The molecule has 2 rings (SSSR count). The summed E-state index contributed by atoms with van der Waals surface area (Å²) in [6, 6.07) is 7.58. The molecule has 0 bridgehead atoms. The van der Waals surface area contributed by atoms with E-state index in [0.717, 1.165) is 16.5 Å². The molecule has 0 unspecified atom stereocenters. The smallest absolute Gasteiger partial charge is 0.111 e. The van der Waals surface area contributed by atoms with E-state index in [-0.39, 0.29) is 6.42 Å². The van der Waals surface area contributed by atoms with E-state index < -0.39 is 0 Å². The van der Waals surface area contributed by atoms with Gasteiger partial charge in [-0.15, -0.1) is 0 Å². The van der Waals surface area contributed by atoms with Crippen LogP contribution in [0.1, 0.15) is 5.56 Å². The first-order chi connectivity index (χ1) is 6.74.